The first-order valence-corrected chi connectivity index (χ1v) is 4.33. The van der Waals surface area contributed by atoms with Crippen molar-refractivity contribution >= 4 is 11.8 Å². The van der Waals surface area contributed by atoms with Crippen LogP contribution < -0.4 is 11.1 Å². The summed E-state index contributed by atoms with van der Waals surface area (Å²) in [5.41, 5.74) is 5.06. The zero-order chi connectivity index (χ0) is 11.0. The fourth-order valence-corrected chi connectivity index (χ4v) is 0.985. The van der Waals surface area contributed by atoms with Gasteiger partial charge in [-0.3, -0.25) is 9.59 Å². The lowest BCUT2D eigenvalue weighted by Crippen LogP contribution is -2.43. The molecule has 0 aromatic carbocycles. The summed E-state index contributed by atoms with van der Waals surface area (Å²) in [5, 5.41) is 10.7. The smallest absolute Gasteiger partial charge is 0.240 e. The summed E-state index contributed by atoms with van der Waals surface area (Å²) in [6.45, 7) is 1.31. The molecule has 0 aliphatic carbocycles. The SMILES string of the molecule is CC(=O)NC(CCCOCO)C(N)=O. The molecule has 0 bridgehead atoms. The maximum absolute atomic E-state index is 10.8. The molecule has 82 valence electrons. The van der Waals surface area contributed by atoms with Gasteiger partial charge in [0.05, 0.1) is 0 Å². The average Bonchev–Trinajstić information content (AvgIpc) is 2.09. The largest absolute Gasteiger partial charge is 0.371 e. The molecule has 0 radical (unpaired) electrons. The minimum absolute atomic E-state index is 0.295. The van der Waals surface area contributed by atoms with Crippen molar-refractivity contribution in [3.05, 3.63) is 0 Å². The Hall–Kier alpha value is -1.14. The summed E-state index contributed by atoms with van der Waals surface area (Å²) >= 11 is 0. The van der Waals surface area contributed by atoms with E-state index < -0.39 is 11.9 Å². The van der Waals surface area contributed by atoms with E-state index in [4.69, 9.17) is 10.8 Å². The second kappa shape index (κ2) is 7.28. The second-order valence-corrected chi connectivity index (χ2v) is 2.84. The van der Waals surface area contributed by atoms with Gasteiger partial charge in [0.15, 0.2) is 0 Å². The predicted molar refractivity (Wildman–Crippen MR) is 49.1 cm³/mol. The highest BCUT2D eigenvalue weighted by Crippen LogP contribution is 1.97. The number of amides is 2. The Morgan fingerprint density at radius 2 is 2.21 bits per heavy atom. The number of carbonyl (C=O) groups excluding carboxylic acids is 2. The van der Waals surface area contributed by atoms with Gasteiger partial charge in [-0.1, -0.05) is 0 Å². The average molecular weight is 204 g/mol. The van der Waals surface area contributed by atoms with Crippen LogP contribution in [-0.4, -0.2) is 36.4 Å². The van der Waals surface area contributed by atoms with Crippen molar-refractivity contribution in [3.8, 4) is 0 Å². The van der Waals surface area contributed by atoms with Gasteiger partial charge in [0.1, 0.15) is 12.8 Å². The van der Waals surface area contributed by atoms with E-state index in [1.165, 1.54) is 6.92 Å². The zero-order valence-corrected chi connectivity index (χ0v) is 8.16. The number of nitrogens with two attached hydrogens (primary N) is 1. The molecule has 1 atom stereocenters. The molecule has 4 N–H and O–H groups in total. The normalized spacial score (nSPS) is 12.1. The van der Waals surface area contributed by atoms with Crippen molar-refractivity contribution in [2.24, 2.45) is 5.73 Å². The summed E-state index contributed by atoms with van der Waals surface area (Å²) in [5.74, 6) is -0.860. The standard InChI is InChI=1S/C8H16N2O4/c1-6(12)10-7(8(9)13)3-2-4-14-5-11/h7,11H,2-5H2,1H3,(H2,9,13)(H,10,12). The number of nitrogens with one attached hydrogen (secondary N) is 1. The highest BCUT2D eigenvalue weighted by Gasteiger charge is 2.15. The third kappa shape index (κ3) is 6.38. The number of hydrogen-bond donors (Lipinski definition) is 3. The van der Waals surface area contributed by atoms with Gasteiger partial charge >= 0.3 is 0 Å². The van der Waals surface area contributed by atoms with Crippen molar-refractivity contribution < 1.29 is 19.4 Å². The van der Waals surface area contributed by atoms with E-state index in [0.717, 1.165) is 0 Å². The topological polar surface area (TPSA) is 102 Å². The van der Waals surface area contributed by atoms with E-state index in [1.807, 2.05) is 0 Å². The van der Waals surface area contributed by atoms with Crippen LogP contribution in [0, 0.1) is 0 Å². The molecule has 0 heterocycles. The van der Waals surface area contributed by atoms with Crippen LogP contribution in [0.5, 0.6) is 0 Å². The Labute approximate surface area is 82.4 Å². The van der Waals surface area contributed by atoms with Crippen LogP contribution in [-0.2, 0) is 14.3 Å². The Morgan fingerprint density at radius 1 is 1.57 bits per heavy atom. The van der Waals surface area contributed by atoms with Gasteiger partial charge in [-0.05, 0) is 12.8 Å². The van der Waals surface area contributed by atoms with Crippen molar-refractivity contribution in [2.75, 3.05) is 13.4 Å². The van der Waals surface area contributed by atoms with Gasteiger partial charge < -0.3 is 20.9 Å². The van der Waals surface area contributed by atoms with E-state index >= 15 is 0 Å². The monoisotopic (exact) mass is 204 g/mol. The molecule has 0 saturated carbocycles. The lowest BCUT2D eigenvalue weighted by molar-refractivity contribution is -0.126. The van der Waals surface area contributed by atoms with Gasteiger partial charge in [-0.25, -0.2) is 0 Å². The van der Waals surface area contributed by atoms with Crippen molar-refractivity contribution in [1.29, 1.82) is 0 Å². The first-order chi connectivity index (χ1) is 6.57. The number of hydrogen-bond acceptors (Lipinski definition) is 4. The molecule has 6 heteroatoms. The summed E-state index contributed by atoms with van der Waals surface area (Å²) in [7, 11) is 0. The minimum Gasteiger partial charge on any atom is -0.371 e. The van der Waals surface area contributed by atoms with E-state index in [9.17, 15) is 9.59 Å². The van der Waals surface area contributed by atoms with Crippen LogP contribution in [0.4, 0.5) is 0 Å². The highest BCUT2D eigenvalue weighted by molar-refractivity contribution is 5.85. The van der Waals surface area contributed by atoms with Crippen LogP contribution in [0.25, 0.3) is 0 Å². The molecule has 0 fully saturated rings. The van der Waals surface area contributed by atoms with Crippen molar-refractivity contribution in [1.82, 2.24) is 5.32 Å². The summed E-state index contributed by atoms with van der Waals surface area (Å²) in [4.78, 5) is 21.5. The number of carbonyl (C=O) groups is 2. The van der Waals surface area contributed by atoms with Crippen molar-refractivity contribution in [2.45, 2.75) is 25.8 Å². The molecule has 14 heavy (non-hydrogen) atoms. The minimum atomic E-state index is -0.658. The molecular formula is C8H16N2O4. The maximum Gasteiger partial charge on any atom is 0.240 e. The van der Waals surface area contributed by atoms with E-state index in [1.54, 1.807) is 0 Å². The van der Waals surface area contributed by atoms with E-state index in [2.05, 4.69) is 10.1 Å². The van der Waals surface area contributed by atoms with Gasteiger partial charge in [0.25, 0.3) is 0 Å². The summed E-state index contributed by atoms with van der Waals surface area (Å²) in [6.07, 6.45) is 0.962. The molecule has 0 saturated heterocycles. The van der Waals surface area contributed by atoms with Crippen LogP contribution >= 0.6 is 0 Å². The van der Waals surface area contributed by atoms with E-state index in [-0.39, 0.29) is 12.7 Å². The molecular weight excluding hydrogens is 188 g/mol. The number of primary amides is 1. The van der Waals surface area contributed by atoms with Crippen LogP contribution in [0.15, 0.2) is 0 Å². The van der Waals surface area contributed by atoms with E-state index in [0.29, 0.717) is 19.4 Å². The summed E-state index contributed by atoms with van der Waals surface area (Å²) in [6, 6.07) is -0.658. The molecule has 6 nitrogen and oxygen atoms in total. The maximum atomic E-state index is 10.8. The first kappa shape index (κ1) is 12.9. The van der Waals surface area contributed by atoms with Crippen LogP contribution in [0.1, 0.15) is 19.8 Å². The molecule has 0 rings (SSSR count). The lowest BCUT2D eigenvalue weighted by Gasteiger charge is -2.13. The number of ether oxygens (including phenoxy) is 1. The highest BCUT2D eigenvalue weighted by atomic mass is 16.6. The van der Waals surface area contributed by atoms with Crippen LogP contribution in [0.2, 0.25) is 0 Å². The van der Waals surface area contributed by atoms with Gasteiger partial charge in [0, 0.05) is 13.5 Å². The molecule has 0 aliphatic heterocycles. The van der Waals surface area contributed by atoms with Gasteiger partial charge in [0.2, 0.25) is 11.8 Å². The third-order valence-corrected chi connectivity index (χ3v) is 1.59. The summed E-state index contributed by atoms with van der Waals surface area (Å²) < 4.78 is 4.66. The van der Waals surface area contributed by atoms with Gasteiger partial charge in [-0.2, -0.15) is 0 Å². The molecule has 0 aromatic heterocycles. The fourth-order valence-electron chi connectivity index (χ4n) is 0.985. The lowest BCUT2D eigenvalue weighted by atomic mass is 10.1. The number of rotatable bonds is 7. The molecule has 1 unspecified atom stereocenters. The third-order valence-electron chi connectivity index (χ3n) is 1.59. The fraction of sp³-hybridized carbons (Fsp3) is 0.750. The Bertz CT molecular complexity index is 196. The number of aliphatic hydroxyl groups is 1. The molecule has 0 aromatic rings. The van der Waals surface area contributed by atoms with Gasteiger partial charge in [-0.15, -0.1) is 0 Å². The molecule has 2 amide bonds. The Balaban J connectivity index is 3.74. The Kier molecular flexibility index (Phi) is 6.69. The Morgan fingerprint density at radius 3 is 2.64 bits per heavy atom. The second-order valence-electron chi connectivity index (χ2n) is 2.84. The quantitative estimate of drug-likeness (QED) is 0.355. The first-order valence-electron chi connectivity index (χ1n) is 4.33. The molecule has 0 aliphatic rings. The zero-order valence-electron chi connectivity index (χ0n) is 8.16. The molecule has 0 spiro atoms. The number of aliphatic hydroxyl groups excluding tert-OH is 1. The predicted octanol–water partition coefficient (Wildman–Crippen LogP) is -1.28. The van der Waals surface area contributed by atoms with Crippen molar-refractivity contribution in [3.63, 3.8) is 0 Å². The van der Waals surface area contributed by atoms with Crippen LogP contribution in [0.3, 0.4) is 0 Å².